The molecule has 0 aliphatic carbocycles. The third kappa shape index (κ3) is 5.41. The van der Waals surface area contributed by atoms with Gasteiger partial charge in [-0.2, -0.15) is 0 Å². The molecule has 0 unspecified atom stereocenters. The summed E-state index contributed by atoms with van der Waals surface area (Å²) in [6.45, 7) is 4.59. The summed E-state index contributed by atoms with van der Waals surface area (Å²) < 4.78 is 0. The van der Waals surface area contributed by atoms with Crippen LogP contribution < -0.4 is 16.0 Å². The summed E-state index contributed by atoms with van der Waals surface area (Å²) in [5, 5.41) is 8.68. The topological polar surface area (TPSA) is 74.8 Å². The fourth-order valence-corrected chi connectivity index (χ4v) is 3.47. The van der Waals surface area contributed by atoms with Gasteiger partial charge in [0, 0.05) is 12.6 Å². The lowest BCUT2D eigenvalue weighted by Gasteiger charge is -2.16. The largest absolute Gasteiger partial charge is 0.341 e. The van der Waals surface area contributed by atoms with Gasteiger partial charge in [0.25, 0.3) is 5.91 Å². The van der Waals surface area contributed by atoms with Gasteiger partial charge in [-0.3, -0.25) is 10.1 Å². The van der Waals surface area contributed by atoms with Gasteiger partial charge in [0.1, 0.15) is 6.04 Å². The van der Waals surface area contributed by atoms with Gasteiger partial charge >= 0.3 is 6.03 Å². The van der Waals surface area contributed by atoms with Crippen molar-refractivity contribution in [2.75, 3.05) is 13.6 Å². The molecular weight excluding hydrogens is 334 g/mol. The van der Waals surface area contributed by atoms with Crippen LogP contribution in [0, 0.1) is 0 Å². The molecule has 0 fully saturated rings. The fraction of sp³-hybridized carbons (Fsp3) is 0.368. The number of carbonyl (C=O) groups excluding carboxylic acids is 2. The SMILES string of the molecule is CC[C@H](C)c1ccc([C@@H]([NH2+]CC(=O)NC(=O)NC)c2cccs2)cc1. The highest BCUT2D eigenvalue weighted by Gasteiger charge is 2.21. The van der Waals surface area contributed by atoms with E-state index in [1.54, 1.807) is 11.3 Å². The van der Waals surface area contributed by atoms with Gasteiger partial charge in [-0.25, -0.2) is 4.79 Å². The molecule has 1 aromatic carbocycles. The number of benzene rings is 1. The fourth-order valence-electron chi connectivity index (χ4n) is 2.62. The summed E-state index contributed by atoms with van der Waals surface area (Å²) in [4.78, 5) is 24.3. The first kappa shape index (κ1) is 19.1. The summed E-state index contributed by atoms with van der Waals surface area (Å²) in [6, 6.07) is 12.3. The minimum atomic E-state index is -0.482. The molecule has 0 spiro atoms. The van der Waals surface area contributed by atoms with E-state index in [1.807, 2.05) is 16.8 Å². The molecule has 0 saturated heterocycles. The molecule has 2 rings (SSSR count). The average molecular weight is 361 g/mol. The van der Waals surface area contributed by atoms with Crippen molar-refractivity contribution in [1.82, 2.24) is 10.6 Å². The molecule has 0 bridgehead atoms. The van der Waals surface area contributed by atoms with E-state index in [2.05, 4.69) is 54.8 Å². The van der Waals surface area contributed by atoms with Crippen molar-refractivity contribution in [3.05, 3.63) is 57.8 Å². The molecular formula is C19H26N3O2S+. The highest BCUT2D eigenvalue weighted by molar-refractivity contribution is 7.10. The molecule has 6 heteroatoms. The van der Waals surface area contributed by atoms with Crippen LogP contribution in [-0.2, 0) is 4.79 Å². The molecule has 0 saturated carbocycles. The van der Waals surface area contributed by atoms with E-state index in [4.69, 9.17) is 0 Å². The number of rotatable bonds is 7. The monoisotopic (exact) mass is 360 g/mol. The molecule has 3 amide bonds. The Morgan fingerprint density at radius 3 is 2.40 bits per heavy atom. The first-order valence-electron chi connectivity index (χ1n) is 8.53. The van der Waals surface area contributed by atoms with Crippen LogP contribution in [0.15, 0.2) is 41.8 Å². The van der Waals surface area contributed by atoms with Crippen LogP contribution in [0.5, 0.6) is 0 Å². The Morgan fingerprint density at radius 2 is 1.84 bits per heavy atom. The van der Waals surface area contributed by atoms with Gasteiger partial charge in [0.15, 0.2) is 6.54 Å². The number of nitrogens with one attached hydrogen (secondary N) is 2. The van der Waals surface area contributed by atoms with E-state index in [9.17, 15) is 9.59 Å². The number of thiophene rings is 1. The lowest BCUT2D eigenvalue weighted by atomic mass is 9.95. The standard InChI is InChI=1S/C19H25N3O2S/c1-4-13(2)14-7-9-15(10-8-14)18(16-6-5-11-25-16)21-12-17(23)22-19(24)20-3/h5-11,13,18,21H,4,12H2,1-3H3,(H2,20,22,23,24)/p+1/t13-,18+/m0/s1. The Bertz CT molecular complexity index is 683. The van der Waals surface area contributed by atoms with Gasteiger partial charge < -0.3 is 10.6 Å². The molecule has 4 N–H and O–H groups in total. The Balaban J connectivity index is 2.11. The van der Waals surface area contributed by atoms with Crippen molar-refractivity contribution in [2.24, 2.45) is 0 Å². The minimum absolute atomic E-state index is 0.0430. The van der Waals surface area contributed by atoms with Crippen molar-refractivity contribution in [1.29, 1.82) is 0 Å². The van der Waals surface area contributed by atoms with Gasteiger partial charge in [0.2, 0.25) is 0 Å². The molecule has 134 valence electrons. The Morgan fingerprint density at radius 1 is 1.16 bits per heavy atom. The maximum Gasteiger partial charge on any atom is 0.321 e. The number of hydrogen-bond donors (Lipinski definition) is 3. The van der Waals surface area contributed by atoms with E-state index < -0.39 is 6.03 Å². The third-order valence-electron chi connectivity index (χ3n) is 4.35. The van der Waals surface area contributed by atoms with Crippen LogP contribution in [0.3, 0.4) is 0 Å². The van der Waals surface area contributed by atoms with Crippen LogP contribution in [0.2, 0.25) is 0 Å². The second kappa shape index (κ2) is 9.34. The second-order valence-electron chi connectivity index (χ2n) is 6.04. The highest BCUT2D eigenvalue weighted by Crippen LogP contribution is 2.25. The maximum atomic E-state index is 11.9. The summed E-state index contributed by atoms with van der Waals surface area (Å²) in [5.74, 6) is 0.230. The number of nitrogens with two attached hydrogens (primary N) is 1. The third-order valence-corrected chi connectivity index (χ3v) is 5.30. The van der Waals surface area contributed by atoms with Crippen molar-refractivity contribution in [2.45, 2.75) is 32.2 Å². The van der Waals surface area contributed by atoms with Crippen molar-refractivity contribution < 1.29 is 14.9 Å². The number of quaternary nitrogens is 1. The van der Waals surface area contributed by atoms with Crippen LogP contribution >= 0.6 is 11.3 Å². The van der Waals surface area contributed by atoms with Crippen LogP contribution in [0.25, 0.3) is 0 Å². The smallest absolute Gasteiger partial charge is 0.321 e. The zero-order valence-corrected chi connectivity index (χ0v) is 15.7. The van der Waals surface area contributed by atoms with E-state index in [-0.39, 0.29) is 18.5 Å². The van der Waals surface area contributed by atoms with Gasteiger partial charge in [-0.15, -0.1) is 11.3 Å². The maximum absolute atomic E-state index is 11.9. The number of carbonyl (C=O) groups is 2. The zero-order valence-electron chi connectivity index (χ0n) is 14.9. The Hall–Kier alpha value is -2.18. The molecule has 5 nitrogen and oxygen atoms in total. The molecule has 25 heavy (non-hydrogen) atoms. The van der Waals surface area contributed by atoms with Crippen LogP contribution in [-0.4, -0.2) is 25.5 Å². The molecule has 2 atom stereocenters. The lowest BCUT2D eigenvalue weighted by molar-refractivity contribution is -0.676. The number of imide groups is 1. The van der Waals surface area contributed by atoms with Gasteiger partial charge in [0.05, 0.1) is 4.88 Å². The summed E-state index contributed by atoms with van der Waals surface area (Å²) in [7, 11) is 1.49. The Kier molecular flexibility index (Phi) is 7.16. The van der Waals surface area contributed by atoms with Gasteiger partial charge in [-0.05, 0) is 29.3 Å². The lowest BCUT2D eigenvalue weighted by Crippen LogP contribution is -2.87. The molecule has 1 aromatic heterocycles. The molecule has 0 aliphatic heterocycles. The number of hydrogen-bond acceptors (Lipinski definition) is 3. The minimum Gasteiger partial charge on any atom is -0.341 e. The van der Waals surface area contributed by atoms with Crippen molar-refractivity contribution >= 4 is 23.3 Å². The first-order chi connectivity index (χ1) is 12.0. The Labute approximate surface area is 152 Å². The summed E-state index contributed by atoms with van der Waals surface area (Å²) >= 11 is 1.67. The molecule has 2 aromatic rings. The van der Waals surface area contributed by atoms with E-state index in [0.29, 0.717) is 5.92 Å². The second-order valence-corrected chi connectivity index (χ2v) is 7.02. The van der Waals surface area contributed by atoms with E-state index in [1.165, 1.54) is 17.5 Å². The quantitative estimate of drug-likeness (QED) is 0.709. The average Bonchev–Trinajstić information content (AvgIpc) is 3.16. The molecule has 0 radical (unpaired) electrons. The normalized spacial score (nSPS) is 13.1. The number of urea groups is 1. The molecule has 0 aliphatic rings. The van der Waals surface area contributed by atoms with E-state index in [0.717, 1.165) is 12.0 Å². The predicted octanol–water partition coefficient (Wildman–Crippen LogP) is 2.37. The zero-order chi connectivity index (χ0) is 18.2. The first-order valence-corrected chi connectivity index (χ1v) is 9.41. The number of amides is 3. The van der Waals surface area contributed by atoms with Crippen molar-refractivity contribution in [3.8, 4) is 0 Å². The predicted molar refractivity (Wildman–Crippen MR) is 101 cm³/mol. The van der Waals surface area contributed by atoms with Gasteiger partial charge in [-0.1, -0.05) is 44.2 Å². The summed E-state index contributed by atoms with van der Waals surface area (Å²) in [5.41, 5.74) is 2.48. The van der Waals surface area contributed by atoms with Crippen LogP contribution in [0.1, 0.15) is 48.2 Å². The molecule has 1 heterocycles. The van der Waals surface area contributed by atoms with Crippen LogP contribution in [0.4, 0.5) is 4.79 Å². The summed E-state index contributed by atoms with van der Waals surface area (Å²) in [6.07, 6.45) is 1.11. The van der Waals surface area contributed by atoms with Crippen molar-refractivity contribution in [3.63, 3.8) is 0 Å². The highest BCUT2D eigenvalue weighted by atomic mass is 32.1. The van der Waals surface area contributed by atoms with E-state index >= 15 is 0 Å².